The van der Waals surface area contributed by atoms with Crippen LogP contribution in [0.25, 0.3) is 0 Å². The summed E-state index contributed by atoms with van der Waals surface area (Å²) in [7, 11) is 1.58. The summed E-state index contributed by atoms with van der Waals surface area (Å²) in [6.07, 6.45) is 0. The molecular formula is C30H27N3O3. The van der Waals surface area contributed by atoms with E-state index in [1.165, 1.54) is 0 Å². The summed E-state index contributed by atoms with van der Waals surface area (Å²) in [5, 5.41) is 15.4. The summed E-state index contributed by atoms with van der Waals surface area (Å²) in [4.78, 5) is 13.4. The molecule has 0 radical (unpaired) electrons. The predicted octanol–water partition coefficient (Wildman–Crippen LogP) is 6.25. The smallest absolute Gasteiger partial charge is 0.251 e. The summed E-state index contributed by atoms with van der Waals surface area (Å²) in [5.41, 5.74) is 4.76. The molecule has 4 rings (SSSR count). The van der Waals surface area contributed by atoms with E-state index in [1.807, 2.05) is 97.9 Å². The number of nitrogens with zero attached hydrogens (tertiary/aromatic N) is 1. The Morgan fingerprint density at radius 3 is 2.44 bits per heavy atom. The Morgan fingerprint density at radius 2 is 1.72 bits per heavy atom. The van der Waals surface area contributed by atoms with Crippen molar-refractivity contribution in [2.45, 2.75) is 19.6 Å². The second-order valence-electron chi connectivity index (χ2n) is 8.31. The second kappa shape index (κ2) is 11.6. The van der Waals surface area contributed by atoms with Gasteiger partial charge in [0.25, 0.3) is 5.91 Å². The molecule has 0 saturated heterocycles. The van der Waals surface area contributed by atoms with Crippen molar-refractivity contribution in [2.24, 2.45) is 0 Å². The molecule has 36 heavy (non-hydrogen) atoms. The monoisotopic (exact) mass is 477 g/mol. The van der Waals surface area contributed by atoms with Crippen LogP contribution in [0.2, 0.25) is 0 Å². The van der Waals surface area contributed by atoms with Gasteiger partial charge in [-0.05, 0) is 72.1 Å². The number of carbonyl (C=O) groups is 1. The first-order chi connectivity index (χ1) is 17.6. The number of hydrogen-bond donors (Lipinski definition) is 2. The first-order valence-corrected chi connectivity index (χ1v) is 11.5. The number of nitrogens with one attached hydrogen (secondary N) is 2. The lowest BCUT2D eigenvalue weighted by Crippen LogP contribution is -2.27. The maximum atomic E-state index is 13.4. The molecule has 180 valence electrons. The van der Waals surface area contributed by atoms with Crippen LogP contribution < -0.4 is 20.1 Å². The van der Waals surface area contributed by atoms with Crippen molar-refractivity contribution in [2.75, 3.05) is 17.7 Å². The molecule has 0 aromatic heterocycles. The Bertz CT molecular complexity index is 1360. The number of hydrogen-bond acceptors (Lipinski definition) is 5. The molecule has 0 heterocycles. The Morgan fingerprint density at radius 1 is 0.944 bits per heavy atom. The number of ether oxygens (including phenoxy) is 2. The number of rotatable bonds is 9. The number of benzene rings is 4. The molecule has 0 aliphatic heterocycles. The van der Waals surface area contributed by atoms with Crippen molar-refractivity contribution >= 4 is 17.3 Å². The van der Waals surface area contributed by atoms with Gasteiger partial charge in [0.05, 0.1) is 24.4 Å². The molecule has 0 fully saturated rings. The molecule has 0 spiro atoms. The summed E-state index contributed by atoms with van der Waals surface area (Å²) in [6, 6.07) is 31.5. The van der Waals surface area contributed by atoms with E-state index in [-0.39, 0.29) is 5.91 Å². The van der Waals surface area contributed by atoms with Crippen LogP contribution in [0.4, 0.5) is 11.4 Å². The van der Waals surface area contributed by atoms with Gasteiger partial charge in [-0.15, -0.1) is 0 Å². The summed E-state index contributed by atoms with van der Waals surface area (Å²) in [5.74, 6) is 1.08. The zero-order valence-electron chi connectivity index (χ0n) is 20.2. The van der Waals surface area contributed by atoms with E-state index >= 15 is 0 Å². The largest absolute Gasteiger partial charge is 0.495 e. The Labute approximate surface area is 211 Å². The number of carbonyl (C=O) groups excluding carboxylic acids is 1. The third kappa shape index (κ3) is 6.22. The van der Waals surface area contributed by atoms with E-state index in [1.54, 1.807) is 13.2 Å². The molecule has 6 heteroatoms. The van der Waals surface area contributed by atoms with Crippen LogP contribution in [0.3, 0.4) is 0 Å². The van der Waals surface area contributed by atoms with Crippen LogP contribution in [0.1, 0.15) is 28.3 Å². The predicted molar refractivity (Wildman–Crippen MR) is 141 cm³/mol. The summed E-state index contributed by atoms with van der Waals surface area (Å²) in [6.45, 7) is 2.32. The van der Waals surface area contributed by atoms with Gasteiger partial charge in [-0.25, -0.2) is 0 Å². The first-order valence-electron chi connectivity index (χ1n) is 11.5. The Balaban J connectivity index is 1.48. The highest BCUT2D eigenvalue weighted by Crippen LogP contribution is 2.28. The minimum absolute atomic E-state index is 0.206. The van der Waals surface area contributed by atoms with Crippen LogP contribution in [-0.4, -0.2) is 13.0 Å². The molecule has 1 atom stereocenters. The average molecular weight is 478 g/mol. The minimum atomic E-state index is -0.628. The summed E-state index contributed by atoms with van der Waals surface area (Å²) >= 11 is 0. The van der Waals surface area contributed by atoms with Crippen molar-refractivity contribution < 1.29 is 14.3 Å². The standard InChI is InChI=1S/C30H27N3O3/c1-21-11-16-28(35-2)27(17-21)33-30(34)29(24-9-4-3-5-10-24)32-25-12-14-26(15-13-25)36-20-23-8-6-7-22(18-23)19-31/h3-18,29,32H,20H2,1-2H3,(H,33,34). The molecular weight excluding hydrogens is 450 g/mol. The van der Waals surface area contributed by atoms with Crippen LogP contribution in [0.5, 0.6) is 11.5 Å². The van der Waals surface area contributed by atoms with E-state index in [0.717, 1.165) is 22.4 Å². The number of nitriles is 1. The fourth-order valence-electron chi connectivity index (χ4n) is 3.78. The van der Waals surface area contributed by atoms with Gasteiger partial charge in [-0.2, -0.15) is 5.26 Å². The molecule has 4 aromatic rings. The molecule has 1 unspecified atom stereocenters. The molecule has 0 bridgehead atoms. The molecule has 0 aliphatic rings. The highest BCUT2D eigenvalue weighted by atomic mass is 16.5. The molecule has 0 aliphatic carbocycles. The fourth-order valence-corrected chi connectivity index (χ4v) is 3.78. The highest BCUT2D eigenvalue weighted by molar-refractivity contribution is 5.98. The third-order valence-corrected chi connectivity index (χ3v) is 5.63. The lowest BCUT2D eigenvalue weighted by molar-refractivity contribution is -0.117. The molecule has 1 amide bonds. The van der Waals surface area contributed by atoms with Gasteiger partial charge in [0, 0.05) is 5.69 Å². The SMILES string of the molecule is COc1ccc(C)cc1NC(=O)C(Nc1ccc(OCc2cccc(C#N)c2)cc1)c1ccccc1. The van der Waals surface area contributed by atoms with Crippen LogP contribution >= 0.6 is 0 Å². The highest BCUT2D eigenvalue weighted by Gasteiger charge is 2.22. The molecule has 6 nitrogen and oxygen atoms in total. The third-order valence-electron chi connectivity index (χ3n) is 5.63. The number of anilines is 2. The number of aryl methyl sites for hydroxylation is 1. The summed E-state index contributed by atoms with van der Waals surface area (Å²) < 4.78 is 11.3. The Hall–Kier alpha value is -4.76. The number of methoxy groups -OCH3 is 1. The maximum absolute atomic E-state index is 13.4. The lowest BCUT2D eigenvalue weighted by Gasteiger charge is -2.21. The lowest BCUT2D eigenvalue weighted by atomic mass is 10.1. The van der Waals surface area contributed by atoms with Gasteiger partial charge < -0.3 is 20.1 Å². The molecule has 4 aromatic carbocycles. The van der Waals surface area contributed by atoms with Gasteiger partial charge in [-0.1, -0.05) is 48.5 Å². The fraction of sp³-hybridized carbons (Fsp3) is 0.133. The van der Waals surface area contributed by atoms with Crippen molar-refractivity contribution in [3.8, 4) is 17.6 Å². The zero-order valence-corrected chi connectivity index (χ0v) is 20.2. The van der Waals surface area contributed by atoms with E-state index < -0.39 is 6.04 Å². The molecule has 2 N–H and O–H groups in total. The van der Waals surface area contributed by atoms with Crippen LogP contribution in [0, 0.1) is 18.3 Å². The Kier molecular flexibility index (Phi) is 7.84. The van der Waals surface area contributed by atoms with Crippen molar-refractivity contribution in [3.05, 3.63) is 119 Å². The van der Waals surface area contributed by atoms with E-state index in [2.05, 4.69) is 16.7 Å². The van der Waals surface area contributed by atoms with Crippen molar-refractivity contribution in [3.63, 3.8) is 0 Å². The number of amides is 1. The van der Waals surface area contributed by atoms with Gasteiger partial charge >= 0.3 is 0 Å². The average Bonchev–Trinajstić information content (AvgIpc) is 2.92. The molecule has 0 saturated carbocycles. The van der Waals surface area contributed by atoms with Gasteiger partial charge in [0.15, 0.2) is 0 Å². The van der Waals surface area contributed by atoms with Gasteiger partial charge in [0.1, 0.15) is 24.1 Å². The quantitative estimate of drug-likeness (QED) is 0.298. The van der Waals surface area contributed by atoms with Crippen molar-refractivity contribution in [1.82, 2.24) is 0 Å². The zero-order chi connectivity index (χ0) is 25.3. The van der Waals surface area contributed by atoms with Gasteiger partial charge in [-0.3, -0.25) is 4.79 Å². The van der Waals surface area contributed by atoms with E-state index in [4.69, 9.17) is 14.7 Å². The second-order valence-corrected chi connectivity index (χ2v) is 8.31. The minimum Gasteiger partial charge on any atom is -0.495 e. The van der Waals surface area contributed by atoms with Crippen LogP contribution in [0.15, 0.2) is 97.1 Å². The van der Waals surface area contributed by atoms with Crippen molar-refractivity contribution in [1.29, 1.82) is 5.26 Å². The maximum Gasteiger partial charge on any atom is 0.251 e. The normalized spacial score (nSPS) is 11.1. The first kappa shape index (κ1) is 24.4. The topological polar surface area (TPSA) is 83.4 Å². The van der Waals surface area contributed by atoms with E-state index in [0.29, 0.717) is 29.4 Å². The van der Waals surface area contributed by atoms with Gasteiger partial charge in [0.2, 0.25) is 0 Å². The van der Waals surface area contributed by atoms with Crippen LogP contribution in [-0.2, 0) is 11.4 Å². The van der Waals surface area contributed by atoms with E-state index in [9.17, 15) is 4.79 Å².